The fraction of sp³-hybridized carbons (Fsp3) is 0.375. The van der Waals surface area contributed by atoms with Crippen LogP contribution in [0, 0.1) is 0 Å². The number of aryl methyl sites for hydroxylation is 2. The van der Waals surface area contributed by atoms with Crippen LogP contribution in [0.2, 0.25) is 0 Å². The number of para-hydroxylation sites is 1. The standard InChI is InChI=1S/C24H27N3O2S/c28-23(12-6-9-19-7-2-1-3-8-19)26-15-17-27(18-16-26)24(29)14-13-22-25-20-10-4-5-11-21(20)30-22/h1-5,7-8,10-11H,6,9,12-18H2. The third-order valence-electron chi connectivity index (χ3n) is 5.57. The summed E-state index contributed by atoms with van der Waals surface area (Å²) in [6.45, 7) is 2.53. The van der Waals surface area contributed by atoms with E-state index < -0.39 is 0 Å². The quantitative estimate of drug-likeness (QED) is 0.581. The molecule has 3 aromatic rings. The molecule has 1 aliphatic rings. The van der Waals surface area contributed by atoms with E-state index in [-0.39, 0.29) is 11.8 Å². The van der Waals surface area contributed by atoms with Gasteiger partial charge in [-0.25, -0.2) is 4.98 Å². The minimum atomic E-state index is 0.158. The summed E-state index contributed by atoms with van der Waals surface area (Å²) >= 11 is 1.66. The summed E-state index contributed by atoms with van der Waals surface area (Å²) in [6, 6.07) is 18.3. The van der Waals surface area contributed by atoms with E-state index in [1.807, 2.05) is 46.2 Å². The van der Waals surface area contributed by atoms with E-state index in [1.165, 1.54) is 10.3 Å². The van der Waals surface area contributed by atoms with Crippen LogP contribution < -0.4 is 0 Å². The van der Waals surface area contributed by atoms with E-state index in [0.29, 0.717) is 45.4 Å². The molecule has 4 rings (SSSR count). The van der Waals surface area contributed by atoms with Gasteiger partial charge in [-0.3, -0.25) is 9.59 Å². The molecule has 1 aromatic heterocycles. The predicted molar refractivity (Wildman–Crippen MR) is 120 cm³/mol. The highest BCUT2D eigenvalue weighted by Crippen LogP contribution is 2.22. The number of hydrogen-bond acceptors (Lipinski definition) is 4. The van der Waals surface area contributed by atoms with E-state index in [9.17, 15) is 9.59 Å². The molecular weight excluding hydrogens is 394 g/mol. The summed E-state index contributed by atoms with van der Waals surface area (Å²) in [5.74, 6) is 0.359. The number of benzene rings is 2. The Balaban J connectivity index is 1.18. The number of piperazine rings is 1. The Bertz CT molecular complexity index is 961. The van der Waals surface area contributed by atoms with Crippen molar-refractivity contribution in [1.82, 2.24) is 14.8 Å². The topological polar surface area (TPSA) is 53.5 Å². The van der Waals surface area contributed by atoms with Gasteiger partial charge in [-0.15, -0.1) is 11.3 Å². The van der Waals surface area contributed by atoms with E-state index >= 15 is 0 Å². The van der Waals surface area contributed by atoms with E-state index in [2.05, 4.69) is 23.2 Å². The molecule has 30 heavy (non-hydrogen) atoms. The molecule has 156 valence electrons. The molecule has 0 N–H and O–H groups in total. The van der Waals surface area contributed by atoms with Gasteiger partial charge in [0.05, 0.1) is 15.2 Å². The zero-order chi connectivity index (χ0) is 20.8. The number of amides is 2. The molecule has 0 unspecified atom stereocenters. The summed E-state index contributed by atoms with van der Waals surface area (Å²) in [5, 5.41) is 1.01. The van der Waals surface area contributed by atoms with Crippen molar-refractivity contribution in [2.45, 2.75) is 32.1 Å². The zero-order valence-corrected chi connectivity index (χ0v) is 17.9. The number of fused-ring (bicyclic) bond motifs is 1. The van der Waals surface area contributed by atoms with Gasteiger partial charge in [0.1, 0.15) is 0 Å². The summed E-state index contributed by atoms with van der Waals surface area (Å²) in [4.78, 5) is 33.5. The smallest absolute Gasteiger partial charge is 0.223 e. The van der Waals surface area contributed by atoms with Gasteiger partial charge >= 0.3 is 0 Å². The molecule has 2 amide bonds. The maximum Gasteiger partial charge on any atom is 0.223 e. The lowest BCUT2D eigenvalue weighted by Crippen LogP contribution is -2.50. The molecule has 0 atom stereocenters. The fourth-order valence-electron chi connectivity index (χ4n) is 3.85. The summed E-state index contributed by atoms with van der Waals surface area (Å²) in [5.41, 5.74) is 2.28. The van der Waals surface area contributed by atoms with Gasteiger partial charge in [0, 0.05) is 45.4 Å². The lowest BCUT2D eigenvalue weighted by molar-refractivity contribution is -0.139. The van der Waals surface area contributed by atoms with E-state index in [1.54, 1.807) is 11.3 Å². The Labute approximate surface area is 181 Å². The third-order valence-corrected chi connectivity index (χ3v) is 6.67. The average molecular weight is 422 g/mol. The number of hydrogen-bond donors (Lipinski definition) is 0. The molecule has 1 fully saturated rings. The van der Waals surface area contributed by atoms with Gasteiger partial charge in [-0.05, 0) is 30.5 Å². The lowest BCUT2D eigenvalue weighted by atomic mass is 10.1. The highest BCUT2D eigenvalue weighted by Gasteiger charge is 2.23. The molecule has 6 heteroatoms. The first-order chi connectivity index (χ1) is 14.7. The largest absolute Gasteiger partial charge is 0.339 e. The van der Waals surface area contributed by atoms with Gasteiger partial charge in [-0.2, -0.15) is 0 Å². The first-order valence-electron chi connectivity index (χ1n) is 10.6. The predicted octanol–water partition coefficient (Wildman–Crippen LogP) is 3.92. The highest BCUT2D eigenvalue weighted by atomic mass is 32.1. The van der Waals surface area contributed by atoms with Gasteiger partial charge < -0.3 is 9.80 Å². The van der Waals surface area contributed by atoms with Gasteiger partial charge in [0.25, 0.3) is 0 Å². The van der Waals surface area contributed by atoms with Crippen LogP contribution >= 0.6 is 11.3 Å². The van der Waals surface area contributed by atoms with Gasteiger partial charge in [-0.1, -0.05) is 42.5 Å². The summed E-state index contributed by atoms with van der Waals surface area (Å²) in [6.07, 6.45) is 3.52. The molecule has 5 nitrogen and oxygen atoms in total. The van der Waals surface area contributed by atoms with Gasteiger partial charge in [0.15, 0.2) is 0 Å². The minimum Gasteiger partial charge on any atom is -0.339 e. The van der Waals surface area contributed by atoms with Crippen LogP contribution in [-0.4, -0.2) is 52.8 Å². The fourth-order valence-corrected chi connectivity index (χ4v) is 4.82. The normalized spacial score (nSPS) is 14.3. The molecular formula is C24H27N3O2S. The second kappa shape index (κ2) is 9.85. The molecule has 0 spiro atoms. The Morgan fingerprint density at radius 3 is 2.13 bits per heavy atom. The number of rotatable bonds is 7. The van der Waals surface area contributed by atoms with Crippen LogP contribution in [0.25, 0.3) is 10.2 Å². The zero-order valence-electron chi connectivity index (χ0n) is 17.1. The molecule has 2 heterocycles. The van der Waals surface area contributed by atoms with Crippen LogP contribution in [0.5, 0.6) is 0 Å². The van der Waals surface area contributed by atoms with E-state index in [4.69, 9.17) is 0 Å². The number of aromatic nitrogens is 1. The Morgan fingerprint density at radius 2 is 1.43 bits per heavy atom. The number of carbonyl (C=O) groups excluding carboxylic acids is 2. The van der Waals surface area contributed by atoms with Crippen molar-refractivity contribution in [3.05, 3.63) is 65.2 Å². The van der Waals surface area contributed by atoms with Crippen LogP contribution in [0.1, 0.15) is 29.8 Å². The maximum absolute atomic E-state index is 12.6. The van der Waals surface area contributed by atoms with Crippen molar-refractivity contribution in [3.8, 4) is 0 Å². The van der Waals surface area contributed by atoms with Crippen LogP contribution in [0.4, 0.5) is 0 Å². The van der Waals surface area contributed by atoms with Crippen LogP contribution in [0.3, 0.4) is 0 Å². The second-order valence-electron chi connectivity index (χ2n) is 7.68. The first kappa shape index (κ1) is 20.5. The van der Waals surface area contributed by atoms with Crippen molar-refractivity contribution in [3.63, 3.8) is 0 Å². The summed E-state index contributed by atoms with van der Waals surface area (Å²) < 4.78 is 1.17. The minimum absolute atomic E-state index is 0.158. The van der Waals surface area contributed by atoms with Crippen molar-refractivity contribution in [2.24, 2.45) is 0 Å². The molecule has 0 radical (unpaired) electrons. The number of nitrogens with zero attached hydrogens (tertiary/aromatic N) is 3. The highest BCUT2D eigenvalue weighted by molar-refractivity contribution is 7.18. The van der Waals surface area contributed by atoms with Crippen molar-refractivity contribution in [2.75, 3.05) is 26.2 Å². The first-order valence-corrected chi connectivity index (χ1v) is 11.4. The van der Waals surface area contributed by atoms with Gasteiger partial charge in [0.2, 0.25) is 11.8 Å². The van der Waals surface area contributed by atoms with Crippen LogP contribution in [0.15, 0.2) is 54.6 Å². The third kappa shape index (κ3) is 5.25. The Kier molecular flexibility index (Phi) is 6.74. The summed E-state index contributed by atoms with van der Waals surface area (Å²) in [7, 11) is 0. The monoisotopic (exact) mass is 421 g/mol. The Hall–Kier alpha value is -2.73. The lowest BCUT2D eigenvalue weighted by Gasteiger charge is -2.35. The molecule has 0 saturated carbocycles. The second-order valence-corrected chi connectivity index (χ2v) is 8.79. The molecule has 1 saturated heterocycles. The maximum atomic E-state index is 12.6. The van der Waals surface area contributed by atoms with Crippen molar-refractivity contribution >= 4 is 33.4 Å². The molecule has 2 aromatic carbocycles. The molecule has 0 aliphatic carbocycles. The Morgan fingerprint density at radius 1 is 0.800 bits per heavy atom. The van der Waals surface area contributed by atoms with Crippen molar-refractivity contribution < 1.29 is 9.59 Å². The number of thiazole rings is 1. The number of carbonyl (C=O) groups is 2. The van der Waals surface area contributed by atoms with Crippen molar-refractivity contribution in [1.29, 1.82) is 0 Å². The SMILES string of the molecule is O=C(CCCc1ccccc1)N1CCN(C(=O)CCc2nc3ccccc3s2)CC1. The van der Waals surface area contributed by atoms with E-state index in [0.717, 1.165) is 23.4 Å². The molecule has 1 aliphatic heterocycles. The van der Waals surface area contributed by atoms with Crippen LogP contribution in [-0.2, 0) is 22.4 Å². The average Bonchev–Trinajstić information content (AvgIpc) is 3.21. The molecule has 0 bridgehead atoms.